The van der Waals surface area contributed by atoms with E-state index in [9.17, 15) is 14.7 Å². The van der Waals surface area contributed by atoms with Gasteiger partial charge >= 0.3 is 5.97 Å². The number of carboxylic acid groups (broad SMARTS) is 1. The molecule has 2 rings (SSSR count). The van der Waals surface area contributed by atoms with Crippen molar-refractivity contribution in [3.05, 3.63) is 33.8 Å². The van der Waals surface area contributed by atoms with Gasteiger partial charge in [0.15, 0.2) is 0 Å². The van der Waals surface area contributed by atoms with Gasteiger partial charge in [0.1, 0.15) is 6.04 Å². The largest absolute Gasteiger partial charge is 0.480 e. The molecule has 0 saturated carbocycles. The third-order valence-electron chi connectivity index (χ3n) is 3.87. The second kappa shape index (κ2) is 5.95. The van der Waals surface area contributed by atoms with Crippen molar-refractivity contribution in [2.45, 2.75) is 32.7 Å². The summed E-state index contributed by atoms with van der Waals surface area (Å²) in [6.45, 7) is 4.34. The maximum atomic E-state index is 12.6. The number of carbonyl (C=O) groups is 2. The van der Waals surface area contributed by atoms with E-state index in [1.54, 1.807) is 12.1 Å². The normalized spacial score (nSPS) is 22.6. The van der Waals surface area contributed by atoms with E-state index >= 15 is 0 Å². The number of hydrogen-bond acceptors (Lipinski definition) is 2. The Morgan fingerprint density at radius 2 is 2.10 bits per heavy atom. The summed E-state index contributed by atoms with van der Waals surface area (Å²) < 4.78 is 0.861. The van der Waals surface area contributed by atoms with E-state index in [4.69, 9.17) is 0 Å². The molecule has 0 radical (unpaired) electrons. The molecule has 1 aliphatic rings. The van der Waals surface area contributed by atoms with Crippen LogP contribution in [-0.2, 0) is 4.79 Å². The molecule has 1 N–H and O–H groups in total. The number of likely N-dealkylation sites (tertiary alicyclic amines) is 1. The first-order valence-electron chi connectivity index (χ1n) is 6.71. The van der Waals surface area contributed by atoms with E-state index < -0.39 is 12.0 Å². The molecule has 1 amide bonds. The Hall–Kier alpha value is -1.36. The highest BCUT2D eigenvalue weighted by molar-refractivity contribution is 9.10. The second-order valence-corrected chi connectivity index (χ2v) is 6.22. The lowest BCUT2D eigenvalue weighted by atomic mass is 9.90. The topological polar surface area (TPSA) is 57.6 Å². The number of carbonyl (C=O) groups excluding carboxylic acids is 1. The molecule has 0 spiro atoms. The number of piperidine rings is 1. The number of amides is 1. The zero-order chi connectivity index (χ0) is 14.9. The maximum absolute atomic E-state index is 12.6. The van der Waals surface area contributed by atoms with Crippen LogP contribution in [0.5, 0.6) is 0 Å². The number of nitrogens with zero attached hydrogens (tertiary/aromatic N) is 1. The van der Waals surface area contributed by atoms with Gasteiger partial charge in [0.05, 0.1) is 0 Å². The van der Waals surface area contributed by atoms with Crippen LogP contribution in [0.2, 0.25) is 0 Å². The highest BCUT2D eigenvalue weighted by atomic mass is 79.9. The molecule has 2 unspecified atom stereocenters. The standard InChI is InChI=1S/C15H18BrNO3/c1-9-5-6-11(8-12(9)16)14(18)17-7-3-4-10(2)13(17)15(19)20/h5-6,8,10,13H,3-4,7H2,1-2H3,(H,19,20). The van der Waals surface area contributed by atoms with Crippen LogP contribution in [0.25, 0.3) is 0 Å². The summed E-state index contributed by atoms with van der Waals surface area (Å²) in [6.07, 6.45) is 1.70. The number of benzene rings is 1. The van der Waals surface area contributed by atoms with E-state index in [2.05, 4.69) is 15.9 Å². The second-order valence-electron chi connectivity index (χ2n) is 5.37. The van der Waals surface area contributed by atoms with Crippen molar-refractivity contribution in [3.8, 4) is 0 Å². The van der Waals surface area contributed by atoms with Crippen molar-refractivity contribution in [1.82, 2.24) is 4.90 Å². The molecule has 20 heavy (non-hydrogen) atoms. The fourth-order valence-corrected chi connectivity index (χ4v) is 3.06. The average Bonchev–Trinajstić information content (AvgIpc) is 2.40. The lowest BCUT2D eigenvalue weighted by molar-refractivity contribution is -0.145. The minimum Gasteiger partial charge on any atom is -0.480 e. The van der Waals surface area contributed by atoms with Crippen LogP contribution in [0.1, 0.15) is 35.7 Å². The highest BCUT2D eigenvalue weighted by Gasteiger charge is 2.37. The predicted molar refractivity (Wildman–Crippen MR) is 79.7 cm³/mol. The zero-order valence-electron chi connectivity index (χ0n) is 11.6. The first-order valence-corrected chi connectivity index (χ1v) is 7.51. The highest BCUT2D eigenvalue weighted by Crippen LogP contribution is 2.26. The molecule has 0 aromatic heterocycles. The lowest BCUT2D eigenvalue weighted by Gasteiger charge is -2.37. The fourth-order valence-electron chi connectivity index (χ4n) is 2.68. The number of rotatable bonds is 2. The average molecular weight is 340 g/mol. The molecule has 1 fully saturated rings. The van der Waals surface area contributed by atoms with Crippen LogP contribution in [0.4, 0.5) is 0 Å². The van der Waals surface area contributed by atoms with Gasteiger partial charge in [-0.3, -0.25) is 4.79 Å². The van der Waals surface area contributed by atoms with Gasteiger partial charge in [-0.2, -0.15) is 0 Å². The summed E-state index contributed by atoms with van der Waals surface area (Å²) in [7, 11) is 0. The van der Waals surface area contributed by atoms with Crippen LogP contribution in [0.15, 0.2) is 22.7 Å². The third-order valence-corrected chi connectivity index (χ3v) is 4.72. The van der Waals surface area contributed by atoms with Gasteiger partial charge in [-0.25, -0.2) is 4.79 Å². The van der Waals surface area contributed by atoms with Gasteiger partial charge in [0.25, 0.3) is 5.91 Å². The van der Waals surface area contributed by atoms with Gasteiger partial charge in [0, 0.05) is 16.6 Å². The van der Waals surface area contributed by atoms with Crippen molar-refractivity contribution >= 4 is 27.8 Å². The van der Waals surface area contributed by atoms with Crippen LogP contribution in [-0.4, -0.2) is 34.5 Å². The van der Waals surface area contributed by atoms with E-state index in [1.807, 2.05) is 19.9 Å². The quantitative estimate of drug-likeness (QED) is 0.900. The minimum atomic E-state index is -0.920. The summed E-state index contributed by atoms with van der Waals surface area (Å²) in [6, 6.07) is 4.65. The van der Waals surface area contributed by atoms with Crippen molar-refractivity contribution in [2.24, 2.45) is 5.92 Å². The molecule has 4 nitrogen and oxygen atoms in total. The van der Waals surface area contributed by atoms with E-state index in [0.29, 0.717) is 12.1 Å². The van der Waals surface area contributed by atoms with E-state index in [-0.39, 0.29) is 11.8 Å². The summed E-state index contributed by atoms with van der Waals surface area (Å²) in [5.41, 5.74) is 1.58. The van der Waals surface area contributed by atoms with Gasteiger partial charge < -0.3 is 10.0 Å². The van der Waals surface area contributed by atoms with Crippen molar-refractivity contribution in [1.29, 1.82) is 0 Å². The van der Waals surface area contributed by atoms with Gasteiger partial charge in [-0.1, -0.05) is 28.9 Å². The summed E-state index contributed by atoms with van der Waals surface area (Å²) in [4.78, 5) is 25.5. The molecule has 1 aromatic rings. The van der Waals surface area contributed by atoms with Crippen molar-refractivity contribution in [3.63, 3.8) is 0 Å². The Kier molecular flexibility index (Phi) is 4.48. The maximum Gasteiger partial charge on any atom is 0.326 e. The van der Waals surface area contributed by atoms with Crippen LogP contribution >= 0.6 is 15.9 Å². The summed E-state index contributed by atoms with van der Waals surface area (Å²) in [5, 5.41) is 9.37. The van der Waals surface area contributed by atoms with E-state index in [0.717, 1.165) is 22.9 Å². The molecule has 1 saturated heterocycles. The SMILES string of the molecule is Cc1ccc(C(=O)N2CCCC(C)C2C(=O)O)cc1Br. The van der Waals surface area contributed by atoms with Gasteiger partial charge in [-0.15, -0.1) is 0 Å². The summed E-state index contributed by atoms with van der Waals surface area (Å²) >= 11 is 3.41. The van der Waals surface area contributed by atoms with Crippen LogP contribution < -0.4 is 0 Å². The molecular weight excluding hydrogens is 322 g/mol. The molecule has 0 aliphatic carbocycles. The fraction of sp³-hybridized carbons (Fsp3) is 0.467. The smallest absolute Gasteiger partial charge is 0.326 e. The van der Waals surface area contributed by atoms with Crippen LogP contribution in [0.3, 0.4) is 0 Å². The number of aliphatic carboxylic acids is 1. The number of aryl methyl sites for hydroxylation is 1. The number of carboxylic acids is 1. The zero-order valence-corrected chi connectivity index (χ0v) is 13.2. The predicted octanol–water partition coefficient (Wildman–Crippen LogP) is 3.08. The lowest BCUT2D eigenvalue weighted by Crippen LogP contribution is -2.51. The molecule has 1 aromatic carbocycles. The van der Waals surface area contributed by atoms with Gasteiger partial charge in [0.2, 0.25) is 0 Å². The Bertz CT molecular complexity index is 544. The molecular formula is C15H18BrNO3. The molecule has 1 heterocycles. The first kappa shape index (κ1) is 15.0. The molecule has 1 aliphatic heterocycles. The van der Waals surface area contributed by atoms with Crippen molar-refractivity contribution < 1.29 is 14.7 Å². The number of hydrogen-bond donors (Lipinski definition) is 1. The Balaban J connectivity index is 2.30. The van der Waals surface area contributed by atoms with Crippen LogP contribution in [0, 0.1) is 12.8 Å². The third kappa shape index (κ3) is 2.87. The Labute approximate surface area is 126 Å². The molecule has 2 atom stereocenters. The Morgan fingerprint density at radius 3 is 2.70 bits per heavy atom. The molecule has 5 heteroatoms. The Morgan fingerprint density at radius 1 is 1.40 bits per heavy atom. The number of halogens is 1. The monoisotopic (exact) mass is 339 g/mol. The van der Waals surface area contributed by atoms with Crippen molar-refractivity contribution in [2.75, 3.05) is 6.54 Å². The molecule has 108 valence electrons. The van der Waals surface area contributed by atoms with Gasteiger partial charge in [-0.05, 0) is 43.4 Å². The minimum absolute atomic E-state index is 0.0147. The molecule has 0 bridgehead atoms. The van der Waals surface area contributed by atoms with E-state index in [1.165, 1.54) is 4.90 Å². The first-order chi connectivity index (χ1) is 9.41. The summed E-state index contributed by atoms with van der Waals surface area (Å²) in [5.74, 6) is -1.14.